The van der Waals surface area contributed by atoms with Crippen LogP contribution in [-0.4, -0.2) is 4.98 Å². The van der Waals surface area contributed by atoms with Gasteiger partial charge in [-0.25, -0.2) is 0 Å². The number of hydrogen-bond acceptors (Lipinski definition) is 1. The molecule has 1 aromatic heterocycles. The van der Waals surface area contributed by atoms with Crippen molar-refractivity contribution in [1.29, 1.82) is 0 Å². The molecule has 0 amide bonds. The third-order valence-electron chi connectivity index (χ3n) is 2.89. The van der Waals surface area contributed by atoms with Crippen LogP contribution < -0.4 is 0 Å². The minimum Gasteiger partial charge on any atom is -0.259 e. The summed E-state index contributed by atoms with van der Waals surface area (Å²) in [5.74, 6) is 2.89. The van der Waals surface area contributed by atoms with Crippen LogP contribution in [0.15, 0.2) is 18.3 Å². The zero-order valence-electron chi connectivity index (χ0n) is 7.88. The molecular formula is C12H13N. The van der Waals surface area contributed by atoms with Crippen LogP contribution in [0.3, 0.4) is 0 Å². The lowest BCUT2D eigenvalue weighted by Gasteiger charge is -2.36. The van der Waals surface area contributed by atoms with Gasteiger partial charge in [-0.05, 0) is 37.8 Å². The molecule has 0 aromatic carbocycles. The molecule has 13 heavy (non-hydrogen) atoms. The van der Waals surface area contributed by atoms with E-state index in [2.05, 4.69) is 23.0 Å². The van der Waals surface area contributed by atoms with Gasteiger partial charge in [0.1, 0.15) is 0 Å². The van der Waals surface area contributed by atoms with Gasteiger partial charge in [-0.1, -0.05) is 12.0 Å². The van der Waals surface area contributed by atoms with Gasteiger partial charge in [0.15, 0.2) is 0 Å². The predicted octanol–water partition coefficient (Wildman–Crippen LogP) is 2.44. The molecule has 1 fully saturated rings. The first-order chi connectivity index (χ1) is 6.27. The van der Waals surface area contributed by atoms with Crippen molar-refractivity contribution in [3.8, 4) is 12.3 Å². The summed E-state index contributed by atoms with van der Waals surface area (Å²) in [4.78, 5) is 4.40. The van der Waals surface area contributed by atoms with Gasteiger partial charge < -0.3 is 0 Å². The summed E-state index contributed by atoms with van der Waals surface area (Å²) < 4.78 is 0. The van der Waals surface area contributed by atoms with E-state index in [9.17, 15) is 0 Å². The van der Waals surface area contributed by atoms with Crippen molar-refractivity contribution in [2.45, 2.75) is 31.6 Å². The molecule has 2 rings (SSSR count). The van der Waals surface area contributed by atoms with E-state index in [1.165, 1.54) is 12.0 Å². The third kappa shape index (κ3) is 1.23. The summed E-state index contributed by atoms with van der Waals surface area (Å²) in [6, 6.07) is 4.15. The Morgan fingerprint density at radius 2 is 2.23 bits per heavy atom. The molecule has 0 saturated heterocycles. The Bertz CT molecular complexity index is 338. The average Bonchev–Trinajstić information content (AvgIpc) is 2.07. The molecular weight excluding hydrogens is 158 g/mol. The molecule has 66 valence electrons. The van der Waals surface area contributed by atoms with E-state index in [1.54, 1.807) is 0 Å². The topological polar surface area (TPSA) is 12.9 Å². The maximum atomic E-state index is 5.55. The molecule has 0 unspecified atom stereocenters. The summed E-state index contributed by atoms with van der Waals surface area (Å²) in [5.41, 5.74) is 2.23. The number of hydrogen-bond donors (Lipinski definition) is 0. The van der Waals surface area contributed by atoms with E-state index in [0.717, 1.165) is 18.5 Å². The van der Waals surface area contributed by atoms with Gasteiger partial charge in [0, 0.05) is 6.20 Å². The van der Waals surface area contributed by atoms with E-state index >= 15 is 0 Å². The molecule has 0 aliphatic heterocycles. The van der Waals surface area contributed by atoms with Gasteiger partial charge in [0.2, 0.25) is 0 Å². The number of nitrogens with zero attached hydrogens (tertiary/aromatic N) is 1. The van der Waals surface area contributed by atoms with E-state index in [4.69, 9.17) is 6.42 Å². The lowest BCUT2D eigenvalue weighted by Crippen LogP contribution is -2.33. The molecule has 0 spiro atoms. The van der Waals surface area contributed by atoms with Crippen LogP contribution in [-0.2, 0) is 5.41 Å². The Morgan fingerprint density at radius 3 is 2.62 bits per heavy atom. The number of aryl methyl sites for hydroxylation is 1. The number of pyridine rings is 1. The molecule has 1 aliphatic rings. The van der Waals surface area contributed by atoms with Crippen LogP contribution in [0.5, 0.6) is 0 Å². The smallest absolute Gasteiger partial charge is 0.0731 e. The van der Waals surface area contributed by atoms with Crippen molar-refractivity contribution in [1.82, 2.24) is 4.98 Å². The number of aromatic nitrogens is 1. The maximum Gasteiger partial charge on any atom is 0.0731 e. The highest BCUT2D eigenvalue weighted by molar-refractivity contribution is 5.32. The standard InChI is InChI=1S/C12H13N/c1-3-12(7-4-8-12)11-6-5-10(2)9-13-11/h1,5-6,9H,4,7-8H2,2H3. The highest BCUT2D eigenvalue weighted by atomic mass is 14.7. The maximum absolute atomic E-state index is 5.55. The van der Waals surface area contributed by atoms with Gasteiger partial charge in [-0.3, -0.25) is 4.98 Å². The molecule has 0 bridgehead atoms. The van der Waals surface area contributed by atoms with E-state index in [-0.39, 0.29) is 5.41 Å². The molecule has 0 N–H and O–H groups in total. The zero-order valence-corrected chi connectivity index (χ0v) is 7.88. The second kappa shape index (κ2) is 2.88. The second-order valence-electron chi connectivity index (χ2n) is 3.80. The summed E-state index contributed by atoms with van der Waals surface area (Å²) in [5, 5.41) is 0. The molecule has 1 aliphatic carbocycles. The van der Waals surface area contributed by atoms with Crippen molar-refractivity contribution < 1.29 is 0 Å². The van der Waals surface area contributed by atoms with E-state index in [0.29, 0.717) is 0 Å². The van der Waals surface area contributed by atoms with Gasteiger partial charge in [0.05, 0.1) is 11.1 Å². The van der Waals surface area contributed by atoms with Gasteiger partial charge in [0.25, 0.3) is 0 Å². The van der Waals surface area contributed by atoms with Crippen LogP contribution in [0.1, 0.15) is 30.5 Å². The third-order valence-corrected chi connectivity index (χ3v) is 2.89. The van der Waals surface area contributed by atoms with E-state index in [1.807, 2.05) is 13.1 Å². The van der Waals surface area contributed by atoms with Crippen molar-refractivity contribution in [2.24, 2.45) is 0 Å². The van der Waals surface area contributed by atoms with Gasteiger partial charge >= 0.3 is 0 Å². The lowest BCUT2D eigenvalue weighted by molar-refractivity contribution is 0.320. The minimum atomic E-state index is -0.0340. The summed E-state index contributed by atoms with van der Waals surface area (Å²) in [6.45, 7) is 2.04. The lowest BCUT2D eigenvalue weighted by atomic mass is 9.67. The fourth-order valence-electron chi connectivity index (χ4n) is 1.76. The largest absolute Gasteiger partial charge is 0.259 e. The van der Waals surface area contributed by atoms with Gasteiger partial charge in [-0.2, -0.15) is 0 Å². The van der Waals surface area contributed by atoms with Crippen molar-refractivity contribution in [2.75, 3.05) is 0 Å². The minimum absolute atomic E-state index is 0.0340. The van der Waals surface area contributed by atoms with Gasteiger partial charge in [-0.15, -0.1) is 6.42 Å². The summed E-state index contributed by atoms with van der Waals surface area (Å²) >= 11 is 0. The van der Waals surface area contributed by atoms with Crippen molar-refractivity contribution in [3.05, 3.63) is 29.6 Å². The molecule has 1 nitrogen and oxygen atoms in total. The number of terminal acetylenes is 1. The summed E-state index contributed by atoms with van der Waals surface area (Å²) in [7, 11) is 0. The molecule has 1 aromatic rings. The molecule has 1 heteroatoms. The molecule has 1 saturated carbocycles. The second-order valence-corrected chi connectivity index (χ2v) is 3.80. The highest BCUT2D eigenvalue weighted by Crippen LogP contribution is 2.41. The first-order valence-corrected chi connectivity index (χ1v) is 4.68. The Kier molecular flexibility index (Phi) is 1.84. The quantitative estimate of drug-likeness (QED) is 0.591. The van der Waals surface area contributed by atoms with Crippen LogP contribution in [0.25, 0.3) is 0 Å². The average molecular weight is 171 g/mol. The fraction of sp³-hybridized carbons (Fsp3) is 0.417. The van der Waals surface area contributed by atoms with Crippen LogP contribution in [0.2, 0.25) is 0 Å². The SMILES string of the molecule is C#CC1(c2ccc(C)cn2)CCC1. The van der Waals surface area contributed by atoms with Crippen LogP contribution in [0, 0.1) is 19.3 Å². The Balaban J connectivity index is 2.35. The Hall–Kier alpha value is -1.29. The molecule has 0 atom stereocenters. The van der Waals surface area contributed by atoms with E-state index < -0.39 is 0 Å². The highest BCUT2D eigenvalue weighted by Gasteiger charge is 2.37. The normalized spacial score (nSPS) is 18.8. The Labute approximate surface area is 79.2 Å². The van der Waals surface area contributed by atoms with Crippen LogP contribution >= 0.6 is 0 Å². The molecule has 0 radical (unpaired) electrons. The monoisotopic (exact) mass is 171 g/mol. The fourth-order valence-corrected chi connectivity index (χ4v) is 1.76. The summed E-state index contributed by atoms with van der Waals surface area (Å²) in [6.07, 6.45) is 10.9. The van der Waals surface area contributed by atoms with Crippen molar-refractivity contribution >= 4 is 0 Å². The first kappa shape index (κ1) is 8.31. The first-order valence-electron chi connectivity index (χ1n) is 4.68. The predicted molar refractivity (Wildman–Crippen MR) is 53.3 cm³/mol. The Morgan fingerprint density at radius 1 is 1.46 bits per heavy atom. The van der Waals surface area contributed by atoms with Crippen LogP contribution in [0.4, 0.5) is 0 Å². The van der Waals surface area contributed by atoms with Crippen molar-refractivity contribution in [3.63, 3.8) is 0 Å². The molecule has 1 heterocycles. The zero-order chi connectivity index (χ0) is 9.31. The number of rotatable bonds is 1.